The molecule has 2 fully saturated rings. The molecule has 188 valence electrons. The summed E-state index contributed by atoms with van der Waals surface area (Å²) in [5.74, 6) is 0.275. The topological polar surface area (TPSA) is 84.9 Å². The first-order chi connectivity index (χ1) is 16.5. The Morgan fingerprint density at radius 3 is 2.57 bits per heavy atom. The van der Waals surface area contributed by atoms with Gasteiger partial charge in [0.05, 0.1) is 11.8 Å². The molecule has 2 aliphatic heterocycles. The quantitative estimate of drug-likeness (QED) is 0.547. The highest BCUT2D eigenvalue weighted by Gasteiger charge is 2.46. The van der Waals surface area contributed by atoms with Crippen LogP contribution < -0.4 is 9.64 Å². The highest BCUT2D eigenvalue weighted by Crippen LogP contribution is 2.43. The first-order valence-corrected chi connectivity index (χ1v) is 12.0. The minimum atomic E-state index is -0.530. The van der Waals surface area contributed by atoms with Gasteiger partial charge in [0, 0.05) is 37.5 Å². The number of aromatic nitrogens is 2. The van der Waals surface area contributed by atoms with Gasteiger partial charge < -0.3 is 19.3 Å². The molecular weight excluding hydrogens is 451 g/mol. The molecule has 9 heteroatoms. The Morgan fingerprint density at radius 2 is 1.86 bits per heavy atom. The lowest BCUT2D eigenvalue weighted by atomic mass is 9.86. The smallest absolute Gasteiger partial charge is 0.410 e. The number of hydrogen-bond donors (Lipinski definition) is 0. The molecule has 1 spiro atoms. The van der Waals surface area contributed by atoms with Crippen LogP contribution in [0.15, 0.2) is 30.7 Å². The molecule has 2 saturated heterocycles. The normalized spacial score (nSPS) is 20.1. The van der Waals surface area contributed by atoms with Gasteiger partial charge in [-0.2, -0.15) is 0 Å². The van der Waals surface area contributed by atoms with E-state index in [4.69, 9.17) is 9.47 Å². The fourth-order valence-corrected chi connectivity index (χ4v) is 4.70. The Kier molecular flexibility index (Phi) is 6.71. The van der Waals surface area contributed by atoms with E-state index in [1.54, 1.807) is 24.9 Å². The van der Waals surface area contributed by atoms with E-state index < -0.39 is 11.4 Å². The van der Waals surface area contributed by atoms with Crippen molar-refractivity contribution in [3.05, 3.63) is 42.1 Å². The van der Waals surface area contributed by atoms with Crippen LogP contribution in [0, 0.1) is 17.2 Å². The zero-order valence-corrected chi connectivity index (χ0v) is 21.0. The number of rotatable bonds is 5. The average Bonchev–Trinajstić information content (AvgIpc) is 3.40. The van der Waals surface area contributed by atoms with E-state index in [1.807, 2.05) is 20.8 Å². The van der Waals surface area contributed by atoms with E-state index in [-0.39, 0.29) is 34.5 Å². The zero-order chi connectivity index (χ0) is 25.4. The summed E-state index contributed by atoms with van der Waals surface area (Å²) < 4.78 is 25.6. The molecule has 0 saturated carbocycles. The number of nitrogens with zero attached hydrogens (tertiary/aromatic N) is 4. The molecule has 8 nitrogen and oxygen atoms in total. The van der Waals surface area contributed by atoms with Crippen molar-refractivity contribution in [3.63, 3.8) is 0 Å². The summed E-state index contributed by atoms with van der Waals surface area (Å²) in [5, 5.41) is 0. The number of amides is 1. The van der Waals surface area contributed by atoms with Gasteiger partial charge in [-0.05, 0) is 51.8 Å². The molecule has 1 amide bonds. The van der Waals surface area contributed by atoms with Gasteiger partial charge >= 0.3 is 6.09 Å². The highest BCUT2D eigenvalue weighted by atomic mass is 19.1. The molecule has 1 aromatic heterocycles. The van der Waals surface area contributed by atoms with Crippen molar-refractivity contribution in [1.29, 1.82) is 0 Å². The van der Waals surface area contributed by atoms with Crippen molar-refractivity contribution in [1.82, 2.24) is 14.9 Å². The van der Waals surface area contributed by atoms with Crippen molar-refractivity contribution in [2.45, 2.75) is 53.1 Å². The van der Waals surface area contributed by atoms with Gasteiger partial charge in [-0.25, -0.2) is 19.2 Å². The standard InChI is InChI=1S/C26H33FN4O4/c1-17(2)22(32)19-12-18(27)6-7-20(19)34-21-13-28-16-29-23(21)30-10-8-26(14-30)9-11-31(15-26)24(33)35-25(3,4)5/h6-7,12-13,16-17H,8-11,14-15H2,1-5H3. The molecule has 0 radical (unpaired) electrons. The molecule has 0 bridgehead atoms. The number of hydrogen-bond acceptors (Lipinski definition) is 7. The number of carbonyl (C=O) groups excluding carboxylic acids is 2. The monoisotopic (exact) mass is 484 g/mol. The van der Waals surface area contributed by atoms with Gasteiger partial charge in [0.2, 0.25) is 0 Å². The number of anilines is 1. The second-order valence-electron chi connectivity index (χ2n) is 10.8. The molecule has 2 aliphatic rings. The van der Waals surface area contributed by atoms with Crippen LogP contribution in [0.25, 0.3) is 0 Å². The van der Waals surface area contributed by atoms with Gasteiger partial charge in [0.15, 0.2) is 17.4 Å². The van der Waals surface area contributed by atoms with E-state index in [9.17, 15) is 14.0 Å². The van der Waals surface area contributed by atoms with Crippen molar-refractivity contribution in [2.24, 2.45) is 11.3 Å². The predicted octanol–water partition coefficient (Wildman–Crippen LogP) is 5.08. The summed E-state index contributed by atoms with van der Waals surface area (Å²) >= 11 is 0. The Balaban J connectivity index is 1.52. The van der Waals surface area contributed by atoms with Gasteiger partial charge in [0.1, 0.15) is 23.5 Å². The first kappa shape index (κ1) is 24.9. The van der Waals surface area contributed by atoms with Crippen LogP contribution in [0.1, 0.15) is 57.8 Å². The van der Waals surface area contributed by atoms with Crippen LogP contribution in [0.3, 0.4) is 0 Å². The average molecular weight is 485 g/mol. The number of Topliss-reactive ketones (excluding diaryl/α,β-unsaturated/α-hetero) is 1. The van der Waals surface area contributed by atoms with E-state index in [1.165, 1.54) is 24.5 Å². The van der Waals surface area contributed by atoms with Crippen LogP contribution in [-0.4, -0.2) is 58.5 Å². The number of ether oxygens (including phenoxy) is 2. The second kappa shape index (κ2) is 9.43. The van der Waals surface area contributed by atoms with E-state index in [2.05, 4.69) is 14.9 Å². The molecule has 0 aliphatic carbocycles. The number of ketones is 1. The maximum absolute atomic E-state index is 13.9. The minimum absolute atomic E-state index is 0.0478. The first-order valence-electron chi connectivity index (χ1n) is 12.0. The fourth-order valence-electron chi connectivity index (χ4n) is 4.70. The number of likely N-dealkylation sites (tertiary alicyclic amines) is 1. The summed E-state index contributed by atoms with van der Waals surface area (Å²) in [6.07, 6.45) is 4.53. The van der Waals surface area contributed by atoms with Gasteiger partial charge in [-0.1, -0.05) is 13.8 Å². The maximum Gasteiger partial charge on any atom is 0.410 e. The minimum Gasteiger partial charge on any atom is -0.451 e. The lowest BCUT2D eigenvalue weighted by Gasteiger charge is -2.27. The molecule has 3 heterocycles. The van der Waals surface area contributed by atoms with Crippen molar-refractivity contribution in [2.75, 3.05) is 31.1 Å². The van der Waals surface area contributed by atoms with Gasteiger partial charge in [-0.3, -0.25) is 4.79 Å². The Hall–Kier alpha value is -3.23. The van der Waals surface area contributed by atoms with Crippen LogP contribution in [-0.2, 0) is 4.74 Å². The molecular formula is C26H33FN4O4. The fraction of sp³-hybridized carbons (Fsp3) is 0.538. The molecule has 4 rings (SSSR count). The van der Waals surface area contributed by atoms with Crippen LogP contribution >= 0.6 is 0 Å². The third kappa shape index (κ3) is 5.55. The summed E-state index contributed by atoms with van der Waals surface area (Å²) in [5.41, 5.74) is -0.387. The van der Waals surface area contributed by atoms with Crippen LogP contribution in [0.4, 0.5) is 15.0 Å². The number of halogens is 1. The largest absolute Gasteiger partial charge is 0.451 e. The number of carbonyl (C=O) groups is 2. The van der Waals surface area contributed by atoms with Gasteiger partial charge in [0.25, 0.3) is 0 Å². The Bertz CT molecular complexity index is 1120. The lowest BCUT2D eigenvalue weighted by Crippen LogP contribution is -2.37. The van der Waals surface area contributed by atoms with Gasteiger partial charge in [-0.15, -0.1) is 0 Å². The van der Waals surface area contributed by atoms with E-state index in [0.717, 1.165) is 19.4 Å². The lowest BCUT2D eigenvalue weighted by molar-refractivity contribution is 0.0276. The Labute approximate surface area is 205 Å². The van der Waals surface area contributed by atoms with Crippen LogP contribution in [0.5, 0.6) is 11.5 Å². The zero-order valence-electron chi connectivity index (χ0n) is 21.0. The SMILES string of the molecule is CC(C)C(=O)c1cc(F)ccc1Oc1cncnc1N1CCC2(CCN(C(=O)OC(C)(C)C)C2)C1. The maximum atomic E-state index is 13.9. The molecule has 2 aromatic rings. The van der Waals surface area contributed by atoms with Crippen LogP contribution in [0.2, 0.25) is 0 Å². The molecule has 1 aromatic carbocycles. The molecule has 35 heavy (non-hydrogen) atoms. The van der Waals surface area contributed by atoms with Crippen molar-refractivity contribution < 1.29 is 23.5 Å². The second-order valence-corrected chi connectivity index (χ2v) is 10.8. The molecule has 1 atom stereocenters. The molecule has 0 N–H and O–H groups in total. The summed E-state index contributed by atoms with van der Waals surface area (Å²) in [7, 11) is 0. The summed E-state index contributed by atoms with van der Waals surface area (Å²) in [4.78, 5) is 37.7. The number of benzene rings is 1. The third-order valence-corrected chi connectivity index (χ3v) is 6.44. The Morgan fingerprint density at radius 1 is 1.11 bits per heavy atom. The predicted molar refractivity (Wildman–Crippen MR) is 129 cm³/mol. The summed E-state index contributed by atoms with van der Waals surface area (Å²) in [6, 6.07) is 3.93. The van der Waals surface area contributed by atoms with Crippen molar-refractivity contribution in [3.8, 4) is 11.5 Å². The highest BCUT2D eigenvalue weighted by molar-refractivity contribution is 6.00. The van der Waals surface area contributed by atoms with E-state index in [0.29, 0.717) is 31.2 Å². The molecule has 1 unspecified atom stereocenters. The third-order valence-electron chi connectivity index (χ3n) is 6.44. The van der Waals surface area contributed by atoms with Crippen molar-refractivity contribution >= 4 is 17.7 Å². The summed E-state index contributed by atoms with van der Waals surface area (Å²) in [6.45, 7) is 11.9. The van der Waals surface area contributed by atoms with E-state index >= 15 is 0 Å².